The van der Waals surface area contributed by atoms with Crippen LogP contribution in [-0.2, 0) is 13.0 Å². The van der Waals surface area contributed by atoms with Crippen molar-refractivity contribution < 1.29 is 9.53 Å². The Morgan fingerprint density at radius 1 is 1.00 bits per heavy atom. The first-order chi connectivity index (χ1) is 12.3. The summed E-state index contributed by atoms with van der Waals surface area (Å²) >= 11 is 0. The molecule has 0 N–H and O–H groups in total. The van der Waals surface area contributed by atoms with Crippen LogP contribution in [0.15, 0.2) is 42.5 Å². The third-order valence-electron chi connectivity index (χ3n) is 5.29. The third kappa shape index (κ3) is 3.09. The molecule has 130 valence electrons. The van der Waals surface area contributed by atoms with Gasteiger partial charge in [0.1, 0.15) is 5.75 Å². The van der Waals surface area contributed by atoms with Crippen LogP contribution in [0, 0.1) is 0 Å². The molecule has 4 nitrogen and oxygen atoms in total. The van der Waals surface area contributed by atoms with Gasteiger partial charge in [-0.05, 0) is 54.7 Å². The molecule has 0 atom stereocenters. The maximum atomic E-state index is 13.2. The quantitative estimate of drug-likeness (QED) is 0.860. The van der Waals surface area contributed by atoms with E-state index in [1.54, 1.807) is 7.11 Å². The molecule has 2 aromatic rings. The highest BCUT2D eigenvalue weighted by Crippen LogP contribution is 2.29. The fraction of sp³-hybridized carbons (Fsp3) is 0.381. The molecule has 1 amide bonds. The van der Waals surface area contributed by atoms with E-state index in [4.69, 9.17) is 4.74 Å². The van der Waals surface area contributed by atoms with Crippen LogP contribution < -0.4 is 9.64 Å². The van der Waals surface area contributed by atoms with E-state index in [9.17, 15) is 4.79 Å². The van der Waals surface area contributed by atoms with Crippen LogP contribution in [0.25, 0.3) is 0 Å². The molecule has 0 aliphatic carbocycles. The molecule has 0 bridgehead atoms. The monoisotopic (exact) mass is 336 g/mol. The molecule has 1 fully saturated rings. The van der Waals surface area contributed by atoms with Crippen LogP contribution >= 0.6 is 0 Å². The van der Waals surface area contributed by atoms with Gasteiger partial charge in [-0.15, -0.1) is 0 Å². The Balaban J connectivity index is 1.58. The molecular formula is C21H24N2O2. The van der Waals surface area contributed by atoms with E-state index >= 15 is 0 Å². The lowest BCUT2D eigenvalue weighted by Crippen LogP contribution is -2.37. The Labute approximate surface area is 149 Å². The van der Waals surface area contributed by atoms with Crippen LogP contribution in [0.4, 0.5) is 5.69 Å². The molecule has 25 heavy (non-hydrogen) atoms. The second-order valence-electron chi connectivity index (χ2n) is 6.82. The highest BCUT2D eigenvalue weighted by atomic mass is 16.5. The fourth-order valence-corrected chi connectivity index (χ4v) is 3.89. The van der Waals surface area contributed by atoms with Crippen molar-refractivity contribution in [1.29, 1.82) is 0 Å². The Morgan fingerprint density at radius 2 is 1.80 bits per heavy atom. The Kier molecular flexibility index (Phi) is 4.35. The number of ether oxygens (including phenoxy) is 1. The van der Waals surface area contributed by atoms with E-state index in [2.05, 4.69) is 23.1 Å². The number of rotatable bonds is 3. The summed E-state index contributed by atoms with van der Waals surface area (Å²) in [6.45, 7) is 3.53. The molecule has 1 saturated heterocycles. The van der Waals surface area contributed by atoms with Gasteiger partial charge in [-0.3, -0.25) is 4.79 Å². The van der Waals surface area contributed by atoms with Crippen molar-refractivity contribution in [3.8, 4) is 5.75 Å². The van der Waals surface area contributed by atoms with Crippen molar-refractivity contribution in [3.63, 3.8) is 0 Å². The van der Waals surface area contributed by atoms with E-state index < -0.39 is 0 Å². The van der Waals surface area contributed by atoms with E-state index in [-0.39, 0.29) is 5.91 Å². The first-order valence-corrected chi connectivity index (χ1v) is 9.05. The second-order valence-corrected chi connectivity index (χ2v) is 6.82. The summed E-state index contributed by atoms with van der Waals surface area (Å²) in [6.07, 6.45) is 3.30. The first kappa shape index (κ1) is 16.0. The molecule has 0 unspecified atom stereocenters. The number of anilines is 1. The third-order valence-corrected chi connectivity index (χ3v) is 5.29. The van der Waals surface area contributed by atoms with E-state index in [1.165, 1.54) is 24.0 Å². The molecule has 2 aliphatic rings. The van der Waals surface area contributed by atoms with Crippen molar-refractivity contribution in [2.45, 2.75) is 25.8 Å². The van der Waals surface area contributed by atoms with Gasteiger partial charge in [-0.25, -0.2) is 0 Å². The van der Waals surface area contributed by atoms with E-state index in [1.807, 2.05) is 29.2 Å². The number of nitrogens with zero attached hydrogens (tertiary/aromatic N) is 2. The highest BCUT2D eigenvalue weighted by Gasteiger charge is 2.25. The van der Waals surface area contributed by atoms with Crippen molar-refractivity contribution in [2.24, 2.45) is 0 Å². The largest absolute Gasteiger partial charge is 0.497 e. The SMILES string of the molecule is COc1ccc2c(c1)CCN(C(=O)c1ccccc1N1CCCC1)C2. The highest BCUT2D eigenvalue weighted by molar-refractivity contribution is 6.00. The minimum Gasteiger partial charge on any atom is -0.497 e. The van der Waals surface area contributed by atoms with Gasteiger partial charge in [0.25, 0.3) is 5.91 Å². The van der Waals surface area contributed by atoms with Crippen molar-refractivity contribution in [2.75, 3.05) is 31.6 Å². The number of fused-ring (bicyclic) bond motifs is 1. The van der Waals surface area contributed by atoms with Gasteiger partial charge in [0, 0.05) is 31.9 Å². The molecule has 0 spiro atoms. The number of hydrogen-bond acceptors (Lipinski definition) is 3. The van der Waals surface area contributed by atoms with Gasteiger partial charge >= 0.3 is 0 Å². The van der Waals surface area contributed by atoms with Crippen molar-refractivity contribution in [1.82, 2.24) is 4.90 Å². The number of carbonyl (C=O) groups is 1. The van der Waals surface area contributed by atoms with Crippen LogP contribution in [0.3, 0.4) is 0 Å². The minimum absolute atomic E-state index is 0.143. The molecular weight excluding hydrogens is 312 g/mol. The summed E-state index contributed by atoms with van der Waals surface area (Å²) in [7, 11) is 1.69. The number of carbonyl (C=O) groups excluding carboxylic acids is 1. The number of benzene rings is 2. The topological polar surface area (TPSA) is 32.8 Å². The predicted octanol–water partition coefficient (Wildman–Crippen LogP) is 3.49. The Morgan fingerprint density at radius 3 is 2.60 bits per heavy atom. The summed E-state index contributed by atoms with van der Waals surface area (Å²) in [5.41, 5.74) is 4.43. The summed E-state index contributed by atoms with van der Waals surface area (Å²) in [5, 5.41) is 0. The van der Waals surface area contributed by atoms with Gasteiger partial charge in [0.2, 0.25) is 0 Å². The zero-order valence-corrected chi connectivity index (χ0v) is 14.7. The maximum absolute atomic E-state index is 13.2. The number of hydrogen-bond donors (Lipinski definition) is 0. The van der Waals surface area contributed by atoms with Gasteiger partial charge in [-0.1, -0.05) is 18.2 Å². The van der Waals surface area contributed by atoms with Crippen molar-refractivity contribution in [3.05, 3.63) is 59.2 Å². The zero-order chi connectivity index (χ0) is 17.2. The van der Waals surface area contributed by atoms with E-state index in [0.717, 1.165) is 43.1 Å². The van der Waals surface area contributed by atoms with Crippen LogP contribution in [0.1, 0.15) is 34.3 Å². The number of para-hydroxylation sites is 1. The molecule has 4 heteroatoms. The molecule has 4 rings (SSSR count). The van der Waals surface area contributed by atoms with Gasteiger partial charge < -0.3 is 14.5 Å². The smallest absolute Gasteiger partial charge is 0.256 e. The average Bonchev–Trinajstić information content (AvgIpc) is 3.21. The summed E-state index contributed by atoms with van der Waals surface area (Å²) in [6, 6.07) is 14.2. The number of methoxy groups -OCH3 is 1. The zero-order valence-electron chi connectivity index (χ0n) is 14.7. The van der Waals surface area contributed by atoms with Crippen molar-refractivity contribution >= 4 is 11.6 Å². The minimum atomic E-state index is 0.143. The Hall–Kier alpha value is -2.49. The standard InChI is InChI=1S/C21H24N2O2/c1-25-18-9-8-17-15-23(13-10-16(17)14-18)21(24)19-6-2-3-7-20(19)22-11-4-5-12-22/h2-3,6-9,14H,4-5,10-13,15H2,1H3. The molecule has 0 saturated carbocycles. The maximum Gasteiger partial charge on any atom is 0.256 e. The molecule has 0 radical (unpaired) electrons. The van der Waals surface area contributed by atoms with Gasteiger partial charge in [0.05, 0.1) is 12.7 Å². The fourth-order valence-electron chi connectivity index (χ4n) is 3.89. The van der Waals surface area contributed by atoms with Crippen LogP contribution in [0.5, 0.6) is 5.75 Å². The normalized spacial score (nSPS) is 16.7. The lowest BCUT2D eigenvalue weighted by atomic mass is 9.98. The second kappa shape index (κ2) is 6.79. The Bertz CT molecular complexity index is 781. The molecule has 2 heterocycles. The molecule has 2 aliphatic heterocycles. The van der Waals surface area contributed by atoms with Crippen LogP contribution in [-0.4, -0.2) is 37.6 Å². The lowest BCUT2D eigenvalue weighted by molar-refractivity contribution is 0.0735. The average molecular weight is 336 g/mol. The first-order valence-electron chi connectivity index (χ1n) is 9.05. The molecule has 0 aromatic heterocycles. The molecule has 2 aromatic carbocycles. The lowest BCUT2D eigenvalue weighted by Gasteiger charge is -2.31. The van der Waals surface area contributed by atoms with Gasteiger partial charge in [0.15, 0.2) is 0 Å². The number of amides is 1. The summed E-state index contributed by atoms with van der Waals surface area (Å²) in [5.74, 6) is 1.03. The summed E-state index contributed by atoms with van der Waals surface area (Å²) < 4.78 is 5.31. The summed E-state index contributed by atoms with van der Waals surface area (Å²) in [4.78, 5) is 17.5. The van der Waals surface area contributed by atoms with Crippen LogP contribution in [0.2, 0.25) is 0 Å². The van der Waals surface area contributed by atoms with E-state index in [0.29, 0.717) is 6.54 Å². The van der Waals surface area contributed by atoms with Gasteiger partial charge in [-0.2, -0.15) is 0 Å². The predicted molar refractivity (Wildman–Crippen MR) is 99.3 cm³/mol.